The summed E-state index contributed by atoms with van der Waals surface area (Å²) in [5.74, 6) is -1.28. The third-order valence-electron chi connectivity index (χ3n) is 2.08. The summed E-state index contributed by atoms with van der Waals surface area (Å²) in [6.07, 6.45) is -2.39. The second-order valence-corrected chi connectivity index (χ2v) is 3.70. The summed E-state index contributed by atoms with van der Waals surface area (Å²) in [5.41, 5.74) is -0.511. The number of carbonyl (C=O) groups is 1. The normalized spacial score (nSPS) is 10.3. The molecule has 0 saturated carbocycles. The lowest BCUT2D eigenvalue weighted by molar-refractivity contribution is -0.136. The van der Waals surface area contributed by atoms with E-state index in [0.29, 0.717) is 5.56 Å². The first kappa shape index (κ1) is 13.5. The van der Waals surface area contributed by atoms with Crippen LogP contribution in [0.3, 0.4) is 0 Å². The van der Waals surface area contributed by atoms with E-state index in [1.54, 1.807) is 6.07 Å². The first-order chi connectivity index (χ1) is 8.01. The van der Waals surface area contributed by atoms with Crippen molar-refractivity contribution in [1.82, 2.24) is 4.98 Å². The summed E-state index contributed by atoms with van der Waals surface area (Å²) >= 11 is 3.09. The number of carboxylic acid groups (broad SMARTS) is 1. The van der Waals surface area contributed by atoms with Crippen molar-refractivity contribution in [1.29, 1.82) is 5.26 Å². The Bertz CT molecular complexity index is 486. The minimum Gasteiger partial charge on any atom is -0.481 e. The molecule has 0 spiro atoms. The summed E-state index contributed by atoms with van der Waals surface area (Å²) in [5, 5.41) is 17.8. The van der Waals surface area contributed by atoms with Crippen molar-refractivity contribution in [2.45, 2.75) is 18.2 Å². The van der Waals surface area contributed by atoms with E-state index in [2.05, 4.69) is 20.9 Å². The number of alkyl halides is 3. The number of carboxylic acids is 1. The van der Waals surface area contributed by atoms with Gasteiger partial charge in [-0.1, -0.05) is 15.9 Å². The zero-order chi connectivity index (χ0) is 13.0. The van der Waals surface area contributed by atoms with Gasteiger partial charge in [-0.25, -0.2) is 8.78 Å². The lowest BCUT2D eigenvalue weighted by Gasteiger charge is -2.10. The van der Waals surface area contributed by atoms with Gasteiger partial charge in [-0.05, 0) is 5.56 Å². The van der Waals surface area contributed by atoms with Crippen LogP contribution in [0, 0.1) is 11.3 Å². The molecule has 1 rings (SSSR count). The Labute approximate surface area is 104 Å². The quantitative estimate of drug-likeness (QED) is 0.867. The molecule has 1 heterocycles. The minimum absolute atomic E-state index is 0.0467. The third kappa shape index (κ3) is 2.97. The SMILES string of the molecule is N#Cc1c(CBr)cnc(C(F)F)c1CC(=O)O. The van der Waals surface area contributed by atoms with Crippen LogP contribution in [0.2, 0.25) is 0 Å². The van der Waals surface area contributed by atoms with Crippen LogP contribution in [0.5, 0.6) is 0 Å². The Morgan fingerprint density at radius 1 is 1.65 bits per heavy atom. The van der Waals surface area contributed by atoms with Gasteiger partial charge in [-0.15, -0.1) is 0 Å². The molecule has 0 aliphatic carbocycles. The number of nitriles is 1. The van der Waals surface area contributed by atoms with Crippen LogP contribution >= 0.6 is 15.9 Å². The predicted octanol–water partition coefficient (Wildman–Crippen LogP) is 2.41. The molecule has 17 heavy (non-hydrogen) atoms. The highest BCUT2D eigenvalue weighted by Crippen LogP contribution is 2.26. The monoisotopic (exact) mass is 304 g/mol. The van der Waals surface area contributed by atoms with E-state index in [0.717, 1.165) is 6.20 Å². The molecule has 90 valence electrons. The molecule has 4 nitrogen and oxygen atoms in total. The second kappa shape index (κ2) is 5.68. The van der Waals surface area contributed by atoms with E-state index < -0.39 is 24.5 Å². The van der Waals surface area contributed by atoms with E-state index in [4.69, 9.17) is 10.4 Å². The number of aromatic nitrogens is 1. The van der Waals surface area contributed by atoms with Crippen LogP contribution in [0.15, 0.2) is 6.20 Å². The van der Waals surface area contributed by atoms with Gasteiger partial charge < -0.3 is 5.11 Å². The number of halogens is 3. The fourth-order valence-corrected chi connectivity index (χ4v) is 1.80. The summed E-state index contributed by atoms with van der Waals surface area (Å²) in [4.78, 5) is 14.1. The molecule has 0 radical (unpaired) electrons. The number of hydrogen-bond donors (Lipinski definition) is 1. The van der Waals surface area contributed by atoms with Crippen LogP contribution in [0.4, 0.5) is 8.78 Å². The van der Waals surface area contributed by atoms with Crippen molar-refractivity contribution in [3.8, 4) is 6.07 Å². The van der Waals surface area contributed by atoms with Gasteiger partial charge in [0, 0.05) is 17.1 Å². The standard InChI is InChI=1S/C10H7BrF2N2O2/c11-2-5-4-15-9(10(12)13)6(1-8(16)17)7(5)3-14/h4,10H,1-2H2,(H,16,17). The van der Waals surface area contributed by atoms with Gasteiger partial charge in [0.1, 0.15) is 5.69 Å². The topological polar surface area (TPSA) is 74.0 Å². The van der Waals surface area contributed by atoms with Crippen molar-refractivity contribution >= 4 is 21.9 Å². The summed E-state index contributed by atoms with van der Waals surface area (Å²) in [6.45, 7) is 0. The Balaban J connectivity index is 3.45. The lowest BCUT2D eigenvalue weighted by Crippen LogP contribution is -2.10. The maximum absolute atomic E-state index is 12.7. The van der Waals surface area contributed by atoms with Crippen LogP contribution in [-0.2, 0) is 16.5 Å². The fraction of sp³-hybridized carbons (Fsp3) is 0.300. The molecule has 0 amide bonds. The number of hydrogen-bond acceptors (Lipinski definition) is 3. The molecule has 1 aromatic rings. The Morgan fingerprint density at radius 2 is 2.29 bits per heavy atom. The Kier molecular flexibility index (Phi) is 4.52. The van der Waals surface area contributed by atoms with Gasteiger partial charge in [0.05, 0.1) is 18.1 Å². The molecule has 0 bridgehead atoms. The van der Waals surface area contributed by atoms with Crippen molar-refractivity contribution in [2.75, 3.05) is 0 Å². The van der Waals surface area contributed by atoms with Crippen LogP contribution in [0.25, 0.3) is 0 Å². The van der Waals surface area contributed by atoms with Crippen molar-refractivity contribution in [2.24, 2.45) is 0 Å². The average molecular weight is 305 g/mol. The van der Waals surface area contributed by atoms with E-state index in [1.807, 2.05) is 0 Å². The molecule has 0 saturated heterocycles. The number of rotatable bonds is 4. The summed E-state index contributed by atoms with van der Waals surface area (Å²) < 4.78 is 25.3. The average Bonchev–Trinajstić information content (AvgIpc) is 2.27. The lowest BCUT2D eigenvalue weighted by atomic mass is 10.0. The second-order valence-electron chi connectivity index (χ2n) is 3.14. The molecular formula is C10H7BrF2N2O2. The highest BCUT2D eigenvalue weighted by molar-refractivity contribution is 9.08. The predicted molar refractivity (Wildman–Crippen MR) is 57.9 cm³/mol. The fourth-order valence-electron chi connectivity index (χ4n) is 1.37. The van der Waals surface area contributed by atoms with E-state index in [1.165, 1.54) is 0 Å². The van der Waals surface area contributed by atoms with Gasteiger partial charge in [0.2, 0.25) is 0 Å². The van der Waals surface area contributed by atoms with E-state index in [9.17, 15) is 13.6 Å². The molecule has 0 aromatic carbocycles. The van der Waals surface area contributed by atoms with Gasteiger partial charge >= 0.3 is 5.97 Å². The summed E-state index contributed by atoms with van der Waals surface area (Å²) in [6, 6.07) is 1.75. The molecular weight excluding hydrogens is 298 g/mol. The largest absolute Gasteiger partial charge is 0.481 e. The Hall–Kier alpha value is -1.55. The van der Waals surface area contributed by atoms with Gasteiger partial charge in [0.25, 0.3) is 6.43 Å². The molecule has 0 unspecified atom stereocenters. The zero-order valence-electron chi connectivity index (χ0n) is 8.45. The molecule has 0 atom stereocenters. The number of pyridine rings is 1. The van der Waals surface area contributed by atoms with Crippen LogP contribution in [-0.4, -0.2) is 16.1 Å². The highest BCUT2D eigenvalue weighted by Gasteiger charge is 2.22. The maximum atomic E-state index is 12.7. The van der Waals surface area contributed by atoms with Crippen molar-refractivity contribution in [3.63, 3.8) is 0 Å². The van der Waals surface area contributed by atoms with Crippen LogP contribution in [0.1, 0.15) is 28.8 Å². The summed E-state index contributed by atoms with van der Waals surface area (Å²) in [7, 11) is 0. The maximum Gasteiger partial charge on any atom is 0.307 e. The zero-order valence-corrected chi connectivity index (χ0v) is 10.0. The molecule has 1 aromatic heterocycles. The number of nitrogens with zero attached hydrogens (tertiary/aromatic N) is 2. The molecule has 0 aliphatic heterocycles. The number of aliphatic carboxylic acids is 1. The first-order valence-electron chi connectivity index (χ1n) is 4.47. The third-order valence-corrected chi connectivity index (χ3v) is 2.69. The van der Waals surface area contributed by atoms with Gasteiger partial charge in [-0.2, -0.15) is 5.26 Å². The first-order valence-corrected chi connectivity index (χ1v) is 5.60. The molecule has 0 fully saturated rings. The van der Waals surface area contributed by atoms with Gasteiger partial charge in [-0.3, -0.25) is 9.78 Å². The van der Waals surface area contributed by atoms with Gasteiger partial charge in [0.15, 0.2) is 0 Å². The van der Waals surface area contributed by atoms with E-state index >= 15 is 0 Å². The molecule has 0 aliphatic rings. The van der Waals surface area contributed by atoms with Crippen LogP contribution < -0.4 is 0 Å². The van der Waals surface area contributed by atoms with Crippen molar-refractivity contribution < 1.29 is 18.7 Å². The minimum atomic E-state index is -2.90. The van der Waals surface area contributed by atoms with E-state index in [-0.39, 0.29) is 16.5 Å². The molecule has 7 heteroatoms. The smallest absolute Gasteiger partial charge is 0.307 e. The molecule has 1 N–H and O–H groups in total. The highest BCUT2D eigenvalue weighted by atomic mass is 79.9. The Morgan fingerprint density at radius 3 is 2.71 bits per heavy atom. The van der Waals surface area contributed by atoms with Crippen molar-refractivity contribution in [3.05, 3.63) is 28.6 Å².